The van der Waals surface area contributed by atoms with Crippen molar-refractivity contribution in [2.24, 2.45) is 0 Å². The minimum absolute atomic E-state index is 0.686. The van der Waals surface area contributed by atoms with Gasteiger partial charge in [0.25, 0.3) is 0 Å². The molecule has 98 valence electrons. The molecule has 0 saturated heterocycles. The molecule has 18 heavy (non-hydrogen) atoms. The second-order valence-electron chi connectivity index (χ2n) is 3.96. The monoisotopic (exact) mass is 265 g/mol. The molecule has 2 aromatic rings. The molecule has 0 saturated carbocycles. The molecule has 0 spiro atoms. The van der Waals surface area contributed by atoms with Crippen LogP contribution in [0.2, 0.25) is 0 Å². The van der Waals surface area contributed by atoms with Crippen molar-refractivity contribution in [1.82, 2.24) is 15.3 Å². The fourth-order valence-corrected chi connectivity index (χ4v) is 2.53. The lowest BCUT2D eigenvalue weighted by Gasteiger charge is -2.00. The third-order valence-electron chi connectivity index (χ3n) is 2.55. The summed E-state index contributed by atoms with van der Waals surface area (Å²) in [4.78, 5) is 7.87. The number of fused-ring (bicyclic) bond motifs is 1. The minimum atomic E-state index is 0.686. The van der Waals surface area contributed by atoms with E-state index >= 15 is 0 Å². The van der Waals surface area contributed by atoms with Crippen LogP contribution in [-0.2, 0) is 0 Å². The van der Waals surface area contributed by atoms with Crippen molar-refractivity contribution < 1.29 is 4.74 Å². The van der Waals surface area contributed by atoms with E-state index in [0.29, 0.717) is 6.61 Å². The number of nitrogens with zero attached hydrogens (tertiary/aromatic N) is 1. The van der Waals surface area contributed by atoms with E-state index in [1.54, 1.807) is 11.8 Å². The first-order valence-electron chi connectivity index (χ1n) is 6.23. The lowest BCUT2D eigenvalue weighted by molar-refractivity contribution is 0.340. The van der Waals surface area contributed by atoms with Gasteiger partial charge in [0.05, 0.1) is 17.6 Å². The van der Waals surface area contributed by atoms with Gasteiger partial charge in [0.15, 0.2) is 5.16 Å². The maximum absolute atomic E-state index is 5.47. The molecule has 0 radical (unpaired) electrons. The highest BCUT2D eigenvalue weighted by molar-refractivity contribution is 7.99. The van der Waals surface area contributed by atoms with Gasteiger partial charge in [-0.3, -0.25) is 0 Å². The number of hydrogen-bond donors (Lipinski definition) is 2. The normalized spacial score (nSPS) is 11.0. The van der Waals surface area contributed by atoms with E-state index in [-0.39, 0.29) is 0 Å². The number of aromatic amines is 1. The third kappa shape index (κ3) is 3.40. The van der Waals surface area contributed by atoms with Gasteiger partial charge in [-0.2, -0.15) is 0 Å². The van der Waals surface area contributed by atoms with E-state index in [4.69, 9.17) is 4.74 Å². The lowest BCUT2D eigenvalue weighted by Crippen LogP contribution is -2.08. The molecule has 2 N–H and O–H groups in total. The summed E-state index contributed by atoms with van der Waals surface area (Å²) in [6.45, 7) is 3.72. The quantitative estimate of drug-likeness (QED) is 0.597. The summed E-state index contributed by atoms with van der Waals surface area (Å²) in [5.41, 5.74) is 2.03. The summed E-state index contributed by atoms with van der Waals surface area (Å²) in [6.07, 6.45) is 1.14. The number of thioether (sulfide) groups is 1. The van der Waals surface area contributed by atoms with Gasteiger partial charge >= 0.3 is 0 Å². The molecule has 1 heterocycles. The predicted molar refractivity (Wildman–Crippen MR) is 76.5 cm³/mol. The van der Waals surface area contributed by atoms with Crippen LogP contribution >= 0.6 is 11.8 Å². The van der Waals surface area contributed by atoms with Crippen LogP contribution in [0.15, 0.2) is 23.4 Å². The number of benzene rings is 1. The van der Waals surface area contributed by atoms with Crippen molar-refractivity contribution in [2.45, 2.75) is 18.5 Å². The largest absolute Gasteiger partial charge is 0.494 e. The summed E-state index contributed by atoms with van der Waals surface area (Å²) in [6, 6.07) is 5.96. The predicted octanol–water partition coefficient (Wildman–Crippen LogP) is 2.66. The first kappa shape index (κ1) is 13.2. The summed E-state index contributed by atoms with van der Waals surface area (Å²) < 4.78 is 5.47. The van der Waals surface area contributed by atoms with Crippen molar-refractivity contribution in [3.8, 4) is 5.75 Å². The Hall–Kier alpha value is -1.20. The number of imidazole rings is 1. The molecule has 4 nitrogen and oxygen atoms in total. The van der Waals surface area contributed by atoms with Crippen LogP contribution in [0.1, 0.15) is 13.3 Å². The molecule has 2 rings (SSSR count). The van der Waals surface area contributed by atoms with Crippen LogP contribution < -0.4 is 10.1 Å². The molecule has 1 aromatic carbocycles. The van der Waals surface area contributed by atoms with Gasteiger partial charge in [0, 0.05) is 11.8 Å². The number of rotatable bonds is 7. The van der Waals surface area contributed by atoms with Crippen LogP contribution in [0.5, 0.6) is 5.75 Å². The Kier molecular flexibility index (Phi) is 4.90. The maximum Gasteiger partial charge on any atom is 0.166 e. The van der Waals surface area contributed by atoms with E-state index in [1.165, 1.54) is 0 Å². The fraction of sp³-hybridized carbons (Fsp3) is 0.462. The van der Waals surface area contributed by atoms with Crippen molar-refractivity contribution >= 4 is 22.8 Å². The molecular weight excluding hydrogens is 246 g/mol. The Balaban J connectivity index is 2.02. The number of aromatic nitrogens is 2. The van der Waals surface area contributed by atoms with Crippen molar-refractivity contribution in [3.05, 3.63) is 18.2 Å². The summed E-state index contributed by atoms with van der Waals surface area (Å²) in [7, 11) is 1.97. The van der Waals surface area contributed by atoms with Crippen LogP contribution in [-0.4, -0.2) is 35.9 Å². The van der Waals surface area contributed by atoms with Gasteiger partial charge in [-0.1, -0.05) is 11.8 Å². The summed E-state index contributed by atoms with van der Waals surface area (Å²) in [5, 5.41) is 4.12. The van der Waals surface area contributed by atoms with Crippen molar-refractivity contribution in [3.63, 3.8) is 0 Å². The SMILES string of the molecule is CCOc1ccc2nc(SCCCNC)[nH]c2c1. The number of ether oxygens (including phenoxy) is 1. The lowest BCUT2D eigenvalue weighted by atomic mass is 10.3. The van der Waals surface area contributed by atoms with Gasteiger partial charge in [-0.15, -0.1) is 0 Å². The smallest absolute Gasteiger partial charge is 0.166 e. The highest BCUT2D eigenvalue weighted by Crippen LogP contribution is 2.23. The molecule has 0 aliphatic heterocycles. The Morgan fingerprint density at radius 1 is 1.44 bits per heavy atom. The highest BCUT2D eigenvalue weighted by Gasteiger charge is 2.04. The zero-order valence-electron chi connectivity index (χ0n) is 10.8. The van der Waals surface area contributed by atoms with Gasteiger partial charge < -0.3 is 15.0 Å². The number of hydrogen-bond acceptors (Lipinski definition) is 4. The van der Waals surface area contributed by atoms with Crippen LogP contribution in [0.4, 0.5) is 0 Å². The number of H-pyrrole nitrogens is 1. The van der Waals surface area contributed by atoms with E-state index in [2.05, 4.69) is 15.3 Å². The molecule has 5 heteroatoms. The molecule has 0 fully saturated rings. The average molecular weight is 265 g/mol. The first-order chi connectivity index (χ1) is 8.83. The minimum Gasteiger partial charge on any atom is -0.494 e. The molecule has 0 unspecified atom stereocenters. The van der Waals surface area contributed by atoms with E-state index in [9.17, 15) is 0 Å². The molecular formula is C13H19N3OS. The zero-order valence-corrected chi connectivity index (χ0v) is 11.6. The topological polar surface area (TPSA) is 49.9 Å². The van der Waals surface area contributed by atoms with Gasteiger partial charge in [-0.25, -0.2) is 4.98 Å². The Labute approximate surface area is 112 Å². The van der Waals surface area contributed by atoms with Crippen molar-refractivity contribution in [2.75, 3.05) is 26.0 Å². The first-order valence-corrected chi connectivity index (χ1v) is 7.22. The molecule has 0 aliphatic carbocycles. The van der Waals surface area contributed by atoms with Gasteiger partial charge in [-0.05, 0) is 39.1 Å². The van der Waals surface area contributed by atoms with Crippen LogP contribution in [0.3, 0.4) is 0 Å². The maximum atomic E-state index is 5.47. The fourth-order valence-electron chi connectivity index (χ4n) is 1.71. The molecule has 1 aromatic heterocycles. The molecule has 0 aliphatic rings. The third-order valence-corrected chi connectivity index (χ3v) is 3.51. The standard InChI is InChI=1S/C13H19N3OS/c1-3-17-10-5-6-11-12(9-10)16-13(15-11)18-8-4-7-14-2/h5-6,9,14H,3-4,7-8H2,1-2H3,(H,15,16). The molecule has 0 atom stereocenters. The number of nitrogens with one attached hydrogen (secondary N) is 2. The van der Waals surface area contributed by atoms with E-state index in [0.717, 1.165) is 40.7 Å². The average Bonchev–Trinajstić information content (AvgIpc) is 2.77. The second-order valence-corrected chi connectivity index (χ2v) is 5.04. The van der Waals surface area contributed by atoms with Crippen LogP contribution in [0, 0.1) is 0 Å². The second kappa shape index (κ2) is 6.66. The van der Waals surface area contributed by atoms with E-state index in [1.807, 2.05) is 32.2 Å². The van der Waals surface area contributed by atoms with E-state index < -0.39 is 0 Å². The summed E-state index contributed by atoms with van der Waals surface area (Å²) in [5.74, 6) is 1.96. The van der Waals surface area contributed by atoms with Gasteiger partial charge in [0.1, 0.15) is 5.75 Å². The Bertz CT molecular complexity index is 498. The highest BCUT2D eigenvalue weighted by atomic mass is 32.2. The molecule has 0 amide bonds. The van der Waals surface area contributed by atoms with Crippen molar-refractivity contribution in [1.29, 1.82) is 0 Å². The zero-order chi connectivity index (χ0) is 12.8. The summed E-state index contributed by atoms with van der Waals surface area (Å²) >= 11 is 1.76. The Morgan fingerprint density at radius 3 is 3.11 bits per heavy atom. The van der Waals surface area contributed by atoms with Crippen LogP contribution in [0.25, 0.3) is 11.0 Å². The Morgan fingerprint density at radius 2 is 2.33 bits per heavy atom. The molecule has 0 bridgehead atoms. The van der Waals surface area contributed by atoms with Gasteiger partial charge in [0.2, 0.25) is 0 Å².